The van der Waals surface area contributed by atoms with Crippen LogP contribution in [-0.4, -0.2) is 34.9 Å². The monoisotopic (exact) mass is 509 g/mol. The maximum Gasteiger partial charge on any atom is 0.431 e. The number of carbonyl (C=O) groups excluding carboxylic acids is 2. The molecule has 0 aliphatic carbocycles. The largest absolute Gasteiger partial charge is 0.431 e. The third-order valence-electron chi connectivity index (χ3n) is 5.64. The van der Waals surface area contributed by atoms with Crippen molar-refractivity contribution in [3.05, 3.63) is 82.4 Å². The molecule has 3 rings (SSSR count). The van der Waals surface area contributed by atoms with Crippen molar-refractivity contribution in [3.8, 4) is 11.1 Å². The second-order valence-corrected chi connectivity index (χ2v) is 9.33. The zero-order chi connectivity index (χ0) is 26.1. The SMILES string of the molecule is CN(CC(C)(C)C(N)=O)C(=O)c1c(-c2ccc(Cl)cc2F)cc(C(F)(F)F)n1Cc1ccccc1. The van der Waals surface area contributed by atoms with Gasteiger partial charge in [0.1, 0.15) is 17.2 Å². The Labute approximate surface area is 205 Å². The number of alkyl halides is 3. The summed E-state index contributed by atoms with van der Waals surface area (Å²) in [6, 6.07) is 12.6. The van der Waals surface area contributed by atoms with Crippen LogP contribution in [0, 0.1) is 11.2 Å². The minimum atomic E-state index is -4.84. The quantitative estimate of drug-likeness (QED) is 0.421. The van der Waals surface area contributed by atoms with Crippen LogP contribution in [0.4, 0.5) is 17.6 Å². The summed E-state index contributed by atoms with van der Waals surface area (Å²) >= 11 is 5.83. The molecule has 5 nitrogen and oxygen atoms in total. The smallest absolute Gasteiger partial charge is 0.369 e. The van der Waals surface area contributed by atoms with Crippen molar-refractivity contribution in [1.29, 1.82) is 0 Å². The number of amides is 2. The zero-order valence-electron chi connectivity index (χ0n) is 19.3. The Morgan fingerprint density at radius 3 is 2.20 bits per heavy atom. The van der Waals surface area contributed by atoms with Gasteiger partial charge < -0.3 is 15.2 Å². The molecule has 0 atom stereocenters. The van der Waals surface area contributed by atoms with Crippen molar-refractivity contribution in [2.45, 2.75) is 26.6 Å². The molecule has 0 aliphatic heterocycles. The van der Waals surface area contributed by atoms with E-state index in [0.717, 1.165) is 21.6 Å². The van der Waals surface area contributed by atoms with Gasteiger partial charge in [0.25, 0.3) is 5.91 Å². The molecule has 0 saturated heterocycles. The molecule has 0 unspecified atom stereocenters. The Bertz CT molecular complexity index is 1250. The van der Waals surface area contributed by atoms with Gasteiger partial charge in [0.2, 0.25) is 5.91 Å². The van der Waals surface area contributed by atoms with Gasteiger partial charge in [-0.25, -0.2) is 4.39 Å². The summed E-state index contributed by atoms with van der Waals surface area (Å²) in [5.41, 5.74) is 2.83. The first kappa shape index (κ1) is 26.3. The predicted octanol–water partition coefficient (Wildman–Crippen LogP) is 5.60. The van der Waals surface area contributed by atoms with E-state index in [1.807, 2.05) is 0 Å². The normalized spacial score (nSPS) is 12.0. The lowest BCUT2D eigenvalue weighted by Crippen LogP contribution is -2.44. The number of hydrogen-bond donors (Lipinski definition) is 1. The first-order valence-electron chi connectivity index (χ1n) is 10.6. The van der Waals surface area contributed by atoms with Crippen molar-refractivity contribution < 1.29 is 27.2 Å². The highest BCUT2D eigenvalue weighted by Gasteiger charge is 2.40. The minimum Gasteiger partial charge on any atom is -0.369 e. The zero-order valence-corrected chi connectivity index (χ0v) is 20.0. The van der Waals surface area contributed by atoms with Crippen molar-refractivity contribution >= 4 is 23.4 Å². The predicted molar refractivity (Wildman–Crippen MR) is 125 cm³/mol. The van der Waals surface area contributed by atoms with Gasteiger partial charge in [0, 0.05) is 36.3 Å². The lowest BCUT2D eigenvalue weighted by Gasteiger charge is -2.28. The topological polar surface area (TPSA) is 68.3 Å². The summed E-state index contributed by atoms with van der Waals surface area (Å²) < 4.78 is 58.1. The number of aromatic nitrogens is 1. The first-order valence-corrected chi connectivity index (χ1v) is 11.0. The van der Waals surface area contributed by atoms with E-state index in [1.165, 1.54) is 33.0 Å². The summed E-state index contributed by atoms with van der Waals surface area (Å²) in [7, 11) is 1.35. The van der Waals surface area contributed by atoms with Crippen LogP contribution in [0.15, 0.2) is 54.6 Å². The maximum atomic E-state index is 14.9. The summed E-state index contributed by atoms with van der Waals surface area (Å²) in [5.74, 6) is -2.39. The average Bonchev–Trinajstić information content (AvgIpc) is 3.12. The van der Waals surface area contributed by atoms with Crippen LogP contribution in [0.2, 0.25) is 5.02 Å². The third kappa shape index (κ3) is 5.67. The molecule has 0 spiro atoms. The van der Waals surface area contributed by atoms with Crippen molar-refractivity contribution in [2.24, 2.45) is 11.1 Å². The van der Waals surface area contributed by atoms with Crippen molar-refractivity contribution in [1.82, 2.24) is 9.47 Å². The molecule has 0 bridgehead atoms. The molecule has 3 aromatic rings. The number of carbonyl (C=O) groups is 2. The fourth-order valence-corrected chi connectivity index (χ4v) is 3.94. The standard InChI is InChI=1S/C25H24ClF4N3O2/c1-24(2,23(31)35)14-32(3)22(34)21-18(17-10-9-16(26)11-19(17)27)12-20(25(28,29)30)33(21)13-15-7-5-4-6-8-15/h4-12H,13-14H2,1-3H3,(H2,31,35). The maximum absolute atomic E-state index is 14.9. The Morgan fingerprint density at radius 2 is 1.66 bits per heavy atom. The highest BCUT2D eigenvalue weighted by atomic mass is 35.5. The van der Waals surface area contributed by atoms with Crippen LogP contribution >= 0.6 is 11.6 Å². The van der Waals surface area contributed by atoms with Crippen LogP contribution in [0.5, 0.6) is 0 Å². The first-order chi connectivity index (χ1) is 16.2. The number of benzene rings is 2. The van der Waals surface area contributed by atoms with Crippen molar-refractivity contribution in [3.63, 3.8) is 0 Å². The molecule has 0 aliphatic rings. The van der Waals surface area contributed by atoms with Gasteiger partial charge >= 0.3 is 6.18 Å². The molecule has 0 fully saturated rings. The third-order valence-corrected chi connectivity index (χ3v) is 5.88. The van der Waals surface area contributed by atoms with Gasteiger partial charge in [-0.05, 0) is 43.7 Å². The van der Waals surface area contributed by atoms with Crippen LogP contribution in [0.25, 0.3) is 11.1 Å². The van der Waals surface area contributed by atoms with Crippen LogP contribution in [-0.2, 0) is 17.5 Å². The number of nitrogens with zero attached hydrogens (tertiary/aromatic N) is 2. The molecule has 186 valence electrons. The lowest BCUT2D eigenvalue weighted by atomic mass is 9.92. The van der Waals surface area contributed by atoms with Gasteiger partial charge in [-0.2, -0.15) is 13.2 Å². The van der Waals surface area contributed by atoms with Crippen LogP contribution < -0.4 is 5.73 Å². The molecule has 1 heterocycles. The van der Waals surface area contributed by atoms with Gasteiger partial charge in [0.05, 0.1) is 5.41 Å². The Hall–Kier alpha value is -3.33. The average molecular weight is 510 g/mol. The molecule has 2 N–H and O–H groups in total. The van der Waals surface area contributed by atoms with E-state index in [1.54, 1.807) is 30.3 Å². The summed E-state index contributed by atoms with van der Waals surface area (Å²) in [6.45, 7) is 2.58. The second kappa shape index (κ2) is 9.73. The number of nitrogens with two attached hydrogens (primary N) is 1. The van der Waals surface area contributed by atoms with Gasteiger partial charge in [-0.3, -0.25) is 9.59 Å². The van der Waals surface area contributed by atoms with E-state index in [0.29, 0.717) is 5.56 Å². The molecule has 1 aromatic heterocycles. The Morgan fingerprint density at radius 1 is 1.03 bits per heavy atom. The van der Waals surface area contributed by atoms with Gasteiger partial charge in [-0.1, -0.05) is 41.9 Å². The molecule has 35 heavy (non-hydrogen) atoms. The van der Waals surface area contributed by atoms with E-state index >= 15 is 0 Å². The fraction of sp³-hybridized carbons (Fsp3) is 0.280. The highest BCUT2D eigenvalue weighted by molar-refractivity contribution is 6.30. The van der Waals surface area contributed by atoms with E-state index in [9.17, 15) is 27.2 Å². The summed E-state index contributed by atoms with van der Waals surface area (Å²) in [5, 5.41) is 0.0548. The molecule has 0 radical (unpaired) electrons. The molecular formula is C25H24ClF4N3O2. The minimum absolute atomic E-state index is 0.0548. The summed E-state index contributed by atoms with van der Waals surface area (Å²) in [4.78, 5) is 26.5. The Kier molecular flexibility index (Phi) is 7.31. The van der Waals surface area contributed by atoms with Crippen LogP contribution in [0.1, 0.15) is 35.6 Å². The van der Waals surface area contributed by atoms with Crippen molar-refractivity contribution in [2.75, 3.05) is 13.6 Å². The van der Waals surface area contributed by atoms with Gasteiger partial charge in [0.15, 0.2) is 0 Å². The molecule has 2 aromatic carbocycles. The number of rotatable bonds is 7. The van der Waals surface area contributed by atoms with E-state index in [-0.39, 0.29) is 34.9 Å². The molecular weight excluding hydrogens is 486 g/mol. The van der Waals surface area contributed by atoms with E-state index < -0.39 is 34.9 Å². The second-order valence-electron chi connectivity index (χ2n) is 8.89. The highest BCUT2D eigenvalue weighted by Crippen LogP contribution is 2.39. The molecule has 2 amide bonds. The fourth-order valence-electron chi connectivity index (χ4n) is 3.78. The number of hydrogen-bond acceptors (Lipinski definition) is 2. The van der Waals surface area contributed by atoms with Crippen LogP contribution in [0.3, 0.4) is 0 Å². The number of halogens is 5. The van der Waals surface area contributed by atoms with E-state index in [4.69, 9.17) is 17.3 Å². The molecule has 10 heteroatoms. The van der Waals surface area contributed by atoms with E-state index in [2.05, 4.69) is 0 Å². The van der Waals surface area contributed by atoms with Gasteiger partial charge in [-0.15, -0.1) is 0 Å². The number of primary amides is 1. The Balaban J connectivity index is 2.27. The lowest BCUT2D eigenvalue weighted by molar-refractivity contribution is -0.143. The molecule has 0 saturated carbocycles. The summed E-state index contributed by atoms with van der Waals surface area (Å²) in [6.07, 6.45) is -4.84.